The van der Waals surface area contributed by atoms with Crippen LogP contribution in [-0.2, 0) is 16.0 Å². The topological polar surface area (TPSA) is 42.4 Å². The minimum absolute atomic E-state index is 0.0441. The van der Waals surface area contributed by atoms with E-state index in [-0.39, 0.29) is 12.0 Å². The summed E-state index contributed by atoms with van der Waals surface area (Å²) < 4.78 is 5.79. The fraction of sp³-hybridized carbons (Fsp3) is 0.333. The molecular formula is C18H20N2O2. The van der Waals surface area contributed by atoms with E-state index in [0.29, 0.717) is 26.1 Å². The van der Waals surface area contributed by atoms with Crippen molar-refractivity contribution in [1.29, 1.82) is 0 Å². The molecule has 0 spiro atoms. The van der Waals surface area contributed by atoms with E-state index < -0.39 is 0 Å². The first kappa shape index (κ1) is 14.7. The molecule has 1 aliphatic rings. The molecule has 1 fully saturated rings. The average Bonchev–Trinajstić information content (AvgIpc) is 2.61. The molecule has 1 amide bonds. The molecule has 0 radical (unpaired) electrons. The van der Waals surface area contributed by atoms with Crippen molar-refractivity contribution in [2.45, 2.75) is 18.9 Å². The Morgan fingerprint density at radius 3 is 2.73 bits per heavy atom. The van der Waals surface area contributed by atoms with Crippen molar-refractivity contribution in [1.82, 2.24) is 9.88 Å². The van der Waals surface area contributed by atoms with Crippen LogP contribution in [0.1, 0.15) is 23.7 Å². The number of ether oxygens (including phenoxy) is 1. The van der Waals surface area contributed by atoms with Crippen LogP contribution in [0.4, 0.5) is 0 Å². The molecule has 2 aromatic rings. The number of benzene rings is 1. The van der Waals surface area contributed by atoms with Crippen LogP contribution in [0.25, 0.3) is 0 Å². The van der Waals surface area contributed by atoms with Gasteiger partial charge in [0, 0.05) is 25.4 Å². The van der Waals surface area contributed by atoms with Gasteiger partial charge in [0.1, 0.15) is 6.10 Å². The van der Waals surface area contributed by atoms with Gasteiger partial charge in [0.25, 0.3) is 0 Å². The van der Waals surface area contributed by atoms with E-state index in [0.717, 1.165) is 12.0 Å². The molecule has 114 valence electrons. The van der Waals surface area contributed by atoms with Crippen LogP contribution in [0.2, 0.25) is 0 Å². The minimum atomic E-state index is -0.0441. The Morgan fingerprint density at radius 2 is 1.95 bits per heavy atom. The molecule has 0 bridgehead atoms. The second-order valence-electron chi connectivity index (χ2n) is 5.47. The number of hydrogen-bond acceptors (Lipinski definition) is 3. The second kappa shape index (κ2) is 7.18. The number of carbonyl (C=O) groups is 1. The van der Waals surface area contributed by atoms with Gasteiger partial charge in [0.15, 0.2) is 0 Å². The monoisotopic (exact) mass is 296 g/mol. The number of hydrogen-bond donors (Lipinski definition) is 0. The summed E-state index contributed by atoms with van der Waals surface area (Å²) >= 11 is 0. The van der Waals surface area contributed by atoms with Crippen molar-refractivity contribution in [3.05, 3.63) is 66.0 Å². The van der Waals surface area contributed by atoms with Gasteiger partial charge in [0.05, 0.1) is 13.2 Å². The highest BCUT2D eigenvalue weighted by molar-refractivity contribution is 5.76. The Labute approximate surface area is 130 Å². The maximum Gasteiger partial charge on any atom is 0.223 e. The lowest BCUT2D eigenvalue weighted by Crippen LogP contribution is -2.42. The van der Waals surface area contributed by atoms with Crippen molar-refractivity contribution < 1.29 is 9.53 Å². The number of aryl methyl sites for hydroxylation is 1. The molecule has 1 saturated heterocycles. The number of aromatic nitrogens is 1. The molecule has 0 aliphatic carbocycles. The lowest BCUT2D eigenvalue weighted by molar-refractivity contribution is -0.139. The first-order valence-electron chi connectivity index (χ1n) is 7.66. The maximum atomic E-state index is 12.4. The van der Waals surface area contributed by atoms with E-state index in [1.165, 1.54) is 5.56 Å². The zero-order valence-electron chi connectivity index (χ0n) is 12.5. The highest BCUT2D eigenvalue weighted by atomic mass is 16.5. The number of morpholine rings is 1. The van der Waals surface area contributed by atoms with Crippen molar-refractivity contribution >= 4 is 5.91 Å². The van der Waals surface area contributed by atoms with Crippen molar-refractivity contribution in [3.8, 4) is 0 Å². The normalized spacial score (nSPS) is 18.2. The van der Waals surface area contributed by atoms with Gasteiger partial charge in [-0.05, 0) is 29.7 Å². The van der Waals surface area contributed by atoms with Crippen LogP contribution in [-0.4, -0.2) is 35.5 Å². The molecule has 1 aliphatic heterocycles. The lowest BCUT2D eigenvalue weighted by atomic mass is 10.1. The summed E-state index contributed by atoms with van der Waals surface area (Å²) in [5.74, 6) is 0.200. The van der Waals surface area contributed by atoms with Crippen LogP contribution in [0.5, 0.6) is 0 Å². The van der Waals surface area contributed by atoms with Gasteiger partial charge in [-0.15, -0.1) is 0 Å². The van der Waals surface area contributed by atoms with E-state index in [2.05, 4.69) is 17.1 Å². The first-order valence-corrected chi connectivity index (χ1v) is 7.66. The number of rotatable bonds is 4. The Morgan fingerprint density at radius 1 is 1.18 bits per heavy atom. The van der Waals surface area contributed by atoms with E-state index in [1.807, 2.05) is 35.2 Å². The maximum absolute atomic E-state index is 12.4. The van der Waals surface area contributed by atoms with Gasteiger partial charge in [-0.2, -0.15) is 0 Å². The molecule has 22 heavy (non-hydrogen) atoms. The van der Waals surface area contributed by atoms with Crippen LogP contribution in [0.3, 0.4) is 0 Å². The third-order valence-corrected chi connectivity index (χ3v) is 3.97. The van der Waals surface area contributed by atoms with Crippen LogP contribution < -0.4 is 0 Å². The summed E-state index contributed by atoms with van der Waals surface area (Å²) in [6.45, 7) is 1.89. The molecule has 2 heterocycles. The predicted molar refractivity (Wildman–Crippen MR) is 84.3 cm³/mol. The SMILES string of the molecule is O=C(CCc1ccccc1)N1CCO[C@H](c2ccncc2)C1. The van der Waals surface area contributed by atoms with Gasteiger partial charge in [-0.25, -0.2) is 0 Å². The fourth-order valence-corrected chi connectivity index (χ4v) is 2.71. The summed E-state index contributed by atoms with van der Waals surface area (Å²) in [6.07, 6.45) is 4.81. The molecule has 3 rings (SSSR count). The van der Waals surface area contributed by atoms with E-state index in [1.54, 1.807) is 12.4 Å². The first-order chi connectivity index (χ1) is 10.8. The summed E-state index contributed by atoms with van der Waals surface area (Å²) in [4.78, 5) is 18.3. The van der Waals surface area contributed by atoms with Crippen LogP contribution >= 0.6 is 0 Å². The Bertz CT molecular complexity index is 601. The highest BCUT2D eigenvalue weighted by Crippen LogP contribution is 2.22. The second-order valence-corrected chi connectivity index (χ2v) is 5.47. The molecule has 1 atom stereocenters. The highest BCUT2D eigenvalue weighted by Gasteiger charge is 2.24. The summed E-state index contributed by atoms with van der Waals surface area (Å²) in [7, 11) is 0. The fourth-order valence-electron chi connectivity index (χ4n) is 2.71. The number of amides is 1. The molecule has 0 unspecified atom stereocenters. The molecule has 1 aromatic heterocycles. The summed E-state index contributed by atoms with van der Waals surface area (Å²) in [5, 5.41) is 0. The van der Waals surface area contributed by atoms with Gasteiger partial charge in [-0.1, -0.05) is 30.3 Å². The molecular weight excluding hydrogens is 276 g/mol. The predicted octanol–water partition coefficient (Wildman–Crippen LogP) is 2.61. The van der Waals surface area contributed by atoms with Crippen molar-refractivity contribution in [2.24, 2.45) is 0 Å². The summed E-state index contributed by atoms with van der Waals surface area (Å²) in [5.41, 5.74) is 2.28. The third kappa shape index (κ3) is 3.71. The van der Waals surface area contributed by atoms with Gasteiger partial charge >= 0.3 is 0 Å². The Hall–Kier alpha value is -2.20. The van der Waals surface area contributed by atoms with E-state index in [4.69, 9.17) is 4.74 Å². The number of carbonyl (C=O) groups excluding carboxylic acids is 1. The van der Waals surface area contributed by atoms with E-state index in [9.17, 15) is 4.79 Å². The number of pyridine rings is 1. The molecule has 0 N–H and O–H groups in total. The lowest BCUT2D eigenvalue weighted by Gasteiger charge is -2.33. The van der Waals surface area contributed by atoms with E-state index >= 15 is 0 Å². The minimum Gasteiger partial charge on any atom is -0.370 e. The molecule has 4 heteroatoms. The molecule has 1 aromatic carbocycles. The largest absolute Gasteiger partial charge is 0.370 e. The third-order valence-electron chi connectivity index (χ3n) is 3.97. The average molecular weight is 296 g/mol. The van der Waals surface area contributed by atoms with Gasteiger partial charge in [0.2, 0.25) is 5.91 Å². The zero-order chi connectivity index (χ0) is 15.2. The summed E-state index contributed by atoms with van der Waals surface area (Å²) in [6, 6.07) is 14.0. The quantitative estimate of drug-likeness (QED) is 0.871. The number of nitrogens with zero attached hydrogens (tertiary/aromatic N) is 2. The molecule has 4 nitrogen and oxygen atoms in total. The van der Waals surface area contributed by atoms with Gasteiger partial charge < -0.3 is 9.64 Å². The standard InChI is InChI=1S/C18H20N2O2/c21-18(7-6-15-4-2-1-3-5-15)20-12-13-22-17(14-20)16-8-10-19-11-9-16/h1-5,8-11,17H,6-7,12-14H2/t17-/m0/s1. The van der Waals surface area contributed by atoms with Crippen molar-refractivity contribution in [3.63, 3.8) is 0 Å². The van der Waals surface area contributed by atoms with Crippen LogP contribution in [0.15, 0.2) is 54.9 Å². The van der Waals surface area contributed by atoms with Gasteiger partial charge in [-0.3, -0.25) is 9.78 Å². The van der Waals surface area contributed by atoms with Crippen molar-refractivity contribution in [2.75, 3.05) is 19.7 Å². The zero-order valence-corrected chi connectivity index (χ0v) is 12.5. The molecule has 0 saturated carbocycles. The Balaban J connectivity index is 1.56. The Kier molecular flexibility index (Phi) is 4.81. The smallest absolute Gasteiger partial charge is 0.223 e. The van der Waals surface area contributed by atoms with Crippen LogP contribution in [0, 0.1) is 0 Å².